The van der Waals surface area contributed by atoms with Crippen LogP contribution in [0.3, 0.4) is 0 Å². The van der Waals surface area contributed by atoms with E-state index in [1.807, 2.05) is 13.0 Å². The molecule has 0 spiro atoms. The van der Waals surface area contributed by atoms with Gasteiger partial charge < -0.3 is 4.74 Å². The first-order valence-corrected chi connectivity index (χ1v) is 7.23. The van der Waals surface area contributed by atoms with Crippen molar-refractivity contribution < 1.29 is 13.2 Å². The number of nitrogens with zero attached hydrogens (tertiary/aromatic N) is 1. The van der Waals surface area contributed by atoms with Crippen molar-refractivity contribution in [3.05, 3.63) is 29.8 Å². The topological polar surface area (TPSA) is 67.2 Å². The zero-order chi connectivity index (χ0) is 12.7. The number of rotatable bonds is 6. The van der Waals surface area contributed by atoms with Gasteiger partial charge in [0, 0.05) is 0 Å². The third-order valence-corrected chi connectivity index (χ3v) is 3.96. The molecule has 0 bridgehead atoms. The van der Waals surface area contributed by atoms with Crippen LogP contribution in [0.15, 0.2) is 24.3 Å². The van der Waals surface area contributed by atoms with Gasteiger partial charge >= 0.3 is 0 Å². The fourth-order valence-corrected chi connectivity index (χ4v) is 2.52. The van der Waals surface area contributed by atoms with E-state index in [0.29, 0.717) is 17.7 Å². The van der Waals surface area contributed by atoms with Crippen molar-refractivity contribution in [2.24, 2.45) is 0 Å². The predicted octanol–water partition coefficient (Wildman–Crippen LogP) is 1.76. The summed E-state index contributed by atoms with van der Waals surface area (Å²) in [7, 11) is -3.01. The Hall–Kier alpha value is -1.54. The summed E-state index contributed by atoms with van der Waals surface area (Å²) in [6.07, 6.45) is 0.617. The summed E-state index contributed by atoms with van der Waals surface area (Å²) in [5.41, 5.74) is 0.499. The van der Waals surface area contributed by atoms with E-state index in [4.69, 9.17) is 10.00 Å². The van der Waals surface area contributed by atoms with Gasteiger partial charge in [-0.3, -0.25) is 0 Å². The van der Waals surface area contributed by atoms with E-state index in [1.165, 1.54) is 0 Å². The van der Waals surface area contributed by atoms with Gasteiger partial charge in [0.15, 0.2) is 9.84 Å². The highest BCUT2D eigenvalue weighted by molar-refractivity contribution is 7.91. The monoisotopic (exact) mass is 253 g/mol. The van der Waals surface area contributed by atoms with Gasteiger partial charge in [-0.2, -0.15) is 5.26 Å². The molecule has 0 saturated carbocycles. The van der Waals surface area contributed by atoms with Gasteiger partial charge in [0.1, 0.15) is 12.4 Å². The Labute approximate surface area is 102 Å². The molecule has 1 rings (SSSR count). The van der Waals surface area contributed by atoms with Gasteiger partial charge in [-0.15, -0.1) is 0 Å². The molecule has 17 heavy (non-hydrogen) atoms. The van der Waals surface area contributed by atoms with Crippen molar-refractivity contribution in [3.63, 3.8) is 0 Å². The number of nitriles is 1. The average molecular weight is 253 g/mol. The minimum Gasteiger partial charge on any atom is -0.492 e. The molecule has 0 amide bonds. The van der Waals surface area contributed by atoms with Gasteiger partial charge in [0.2, 0.25) is 0 Å². The van der Waals surface area contributed by atoms with Crippen LogP contribution in [0.2, 0.25) is 0 Å². The van der Waals surface area contributed by atoms with Crippen molar-refractivity contribution in [2.75, 3.05) is 18.1 Å². The SMILES string of the molecule is CCCS(=O)(=O)CCOc1cccc(C#N)c1. The molecule has 1 aromatic rings. The lowest BCUT2D eigenvalue weighted by atomic mass is 10.2. The van der Waals surface area contributed by atoms with E-state index >= 15 is 0 Å². The molecule has 0 heterocycles. The smallest absolute Gasteiger partial charge is 0.153 e. The minimum absolute atomic E-state index is 0.0115. The normalized spacial score (nSPS) is 10.8. The molecule has 0 N–H and O–H groups in total. The van der Waals surface area contributed by atoms with Crippen LogP contribution in [0.1, 0.15) is 18.9 Å². The number of sulfone groups is 1. The molecule has 0 saturated heterocycles. The van der Waals surface area contributed by atoms with E-state index in [0.717, 1.165) is 0 Å². The quantitative estimate of drug-likeness (QED) is 0.774. The van der Waals surface area contributed by atoms with E-state index in [2.05, 4.69) is 0 Å². The second-order valence-electron chi connectivity index (χ2n) is 3.64. The number of hydrogen-bond acceptors (Lipinski definition) is 4. The molecule has 0 aromatic heterocycles. The molecule has 0 aliphatic rings. The van der Waals surface area contributed by atoms with E-state index < -0.39 is 9.84 Å². The first-order valence-electron chi connectivity index (χ1n) is 5.41. The lowest BCUT2D eigenvalue weighted by molar-refractivity contribution is 0.341. The fraction of sp³-hybridized carbons (Fsp3) is 0.417. The molecule has 0 fully saturated rings. The van der Waals surface area contributed by atoms with Gasteiger partial charge in [-0.25, -0.2) is 8.42 Å². The summed E-state index contributed by atoms with van der Waals surface area (Å²) in [6, 6.07) is 8.66. The number of benzene rings is 1. The standard InChI is InChI=1S/C12H15NO3S/c1-2-7-17(14,15)8-6-16-12-5-3-4-11(9-12)10-13/h3-5,9H,2,6-8H2,1H3. The summed E-state index contributed by atoms with van der Waals surface area (Å²) < 4.78 is 28.1. The molecule has 4 nitrogen and oxygen atoms in total. The molecule has 92 valence electrons. The van der Waals surface area contributed by atoms with E-state index in [1.54, 1.807) is 24.3 Å². The molecule has 1 aromatic carbocycles. The van der Waals surface area contributed by atoms with E-state index in [9.17, 15) is 8.42 Å². The first-order chi connectivity index (χ1) is 8.07. The second-order valence-corrected chi connectivity index (χ2v) is 5.94. The molecule has 0 atom stereocenters. The van der Waals surface area contributed by atoms with Crippen LogP contribution in [0.5, 0.6) is 5.75 Å². The average Bonchev–Trinajstić information content (AvgIpc) is 2.29. The summed E-state index contributed by atoms with van der Waals surface area (Å²) >= 11 is 0. The Morgan fingerprint density at radius 3 is 2.76 bits per heavy atom. The molecule has 0 aliphatic heterocycles. The first kappa shape index (κ1) is 13.5. The van der Waals surface area contributed by atoms with Crippen molar-refractivity contribution in [3.8, 4) is 11.8 Å². The summed E-state index contributed by atoms with van der Waals surface area (Å²) in [4.78, 5) is 0. The Morgan fingerprint density at radius 1 is 1.35 bits per heavy atom. The number of hydrogen-bond donors (Lipinski definition) is 0. The van der Waals surface area contributed by atoms with Gasteiger partial charge in [-0.05, 0) is 24.6 Å². The lowest BCUT2D eigenvalue weighted by Gasteiger charge is -2.06. The predicted molar refractivity (Wildman–Crippen MR) is 65.6 cm³/mol. The molecule has 0 unspecified atom stereocenters. The van der Waals surface area contributed by atoms with Crippen LogP contribution in [0, 0.1) is 11.3 Å². The van der Waals surface area contributed by atoms with Crippen LogP contribution in [-0.4, -0.2) is 26.5 Å². The van der Waals surface area contributed by atoms with Crippen LogP contribution in [0.25, 0.3) is 0 Å². The van der Waals surface area contributed by atoms with Crippen molar-refractivity contribution in [1.82, 2.24) is 0 Å². The van der Waals surface area contributed by atoms with Crippen LogP contribution < -0.4 is 4.74 Å². The summed E-state index contributed by atoms with van der Waals surface area (Å²) in [6.45, 7) is 1.95. The van der Waals surface area contributed by atoms with Crippen molar-refractivity contribution >= 4 is 9.84 Å². The van der Waals surface area contributed by atoms with Gasteiger partial charge in [0.05, 0.1) is 23.1 Å². The van der Waals surface area contributed by atoms with Gasteiger partial charge in [-0.1, -0.05) is 13.0 Å². The van der Waals surface area contributed by atoms with Gasteiger partial charge in [0.25, 0.3) is 0 Å². The summed E-state index contributed by atoms with van der Waals surface area (Å²) in [5, 5.41) is 8.69. The number of ether oxygens (including phenoxy) is 1. The lowest BCUT2D eigenvalue weighted by Crippen LogP contribution is -2.16. The third-order valence-electron chi connectivity index (χ3n) is 2.14. The zero-order valence-corrected chi connectivity index (χ0v) is 10.5. The Morgan fingerprint density at radius 2 is 2.12 bits per heavy atom. The van der Waals surface area contributed by atoms with Crippen molar-refractivity contribution in [1.29, 1.82) is 5.26 Å². The van der Waals surface area contributed by atoms with Crippen LogP contribution >= 0.6 is 0 Å². The molecular weight excluding hydrogens is 238 g/mol. The fourth-order valence-electron chi connectivity index (χ4n) is 1.35. The Kier molecular flexibility index (Phi) is 4.98. The van der Waals surface area contributed by atoms with Crippen molar-refractivity contribution in [2.45, 2.75) is 13.3 Å². The molecule has 0 aliphatic carbocycles. The molecule has 0 radical (unpaired) electrons. The largest absolute Gasteiger partial charge is 0.492 e. The maximum atomic E-state index is 11.4. The second kappa shape index (κ2) is 6.26. The maximum Gasteiger partial charge on any atom is 0.153 e. The molecular formula is C12H15NO3S. The van der Waals surface area contributed by atoms with Crippen LogP contribution in [0.4, 0.5) is 0 Å². The Bertz CT molecular complexity index is 503. The highest BCUT2D eigenvalue weighted by Gasteiger charge is 2.09. The Balaban J connectivity index is 2.49. The highest BCUT2D eigenvalue weighted by atomic mass is 32.2. The summed E-state index contributed by atoms with van der Waals surface area (Å²) in [5.74, 6) is 0.724. The van der Waals surface area contributed by atoms with E-state index in [-0.39, 0.29) is 18.1 Å². The maximum absolute atomic E-state index is 11.4. The highest BCUT2D eigenvalue weighted by Crippen LogP contribution is 2.12. The minimum atomic E-state index is -3.01. The zero-order valence-electron chi connectivity index (χ0n) is 9.72. The third kappa shape index (κ3) is 4.87. The van der Waals surface area contributed by atoms with Crippen LogP contribution in [-0.2, 0) is 9.84 Å². The molecule has 5 heteroatoms.